The predicted molar refractivity (Wildman–Crippen MR) is 47.8 cm³/mol. The lowest BCUT2D eigenvalue weighted by molar-refractivity contribution is 0.241. The van der Waals surface area contributed by atoms with Gasteiger partial charge in [-0.15, -0.1) is 11.6 Å². The van der Waals surface area contributed by atoms with Crippen molar-refractivity contribution in [3.63, 3.8) is 0 Å². The second-order valence-electron chi connectivity index (χ2n) is 2.54. The van der Waals surface area contributed by atoms with Gasteiger partial charge in [0, 0.05) is 0 Å². The van der Waals surface area contributed by atoms with Crippen LogP contribution in [0.15, 0.2) is 17.0 Å². The number of nitrogens with zero attached hydrogens (tertiary/aromatic N) is 1. The zero-order valence-electron chi connectivity index (χ0n) is 6.79. The highest BCUT2D eigenvalue weighted by molar-refractivity contribution is 6.18. The number of halogens is 1. The van der Waals surface area contributed by atoms with Crippen molar-refractivity contribution in [2.24, 2.45) is 5.16 Å². The lowest BCUT2D eigenvalue weighted by Gasteiger charge is -2.14. The smallest absolute Gasteiger partial charge is 0.140 e. The molecule has 1 rings (SSSR count). The van der Waals surface area contributed by atoms with Gasteiger partial charge in [0.25, 0.3) is 0 Å². The van der Waals surface area contributed by atoms with Crippen LogP contribution in [0.5, 0.6) is 0 Å². The van der Waals surface area contributed by atoms with Crippen LogP contribution in [0.4, 0.5) is 0 Å². The fraction of sp³-hybridized carbons (Fsp3) is 0.625. The molecule has 0 aliphatic heterocycles. The number of rotatable bonds is 3. The molecule has 0 aromatic carbocycles. The van der Waals surface area contributed by atoms with Crippen molar-refractivity contribution in [3.05, 3.63) is 11.8 Å². The fourth-order valence-corrected chi connectivity index (χ4v) is 1.21. The number of hydrogen-bond acceptors (Lipinski definition) is 3. The van der Waals surface area contributed by atoms with Gasteiger partial charge >= 0.3 is 0 Å². The molecule has 0 saturated heterocycles. The van der Waals surface area contributed by atoms with E-state index in [4.69, 9.17) is 21.5 Å². The number of allylic oxidation sites excluding steroid dienone is 2. The lowest BCUT2D eigenvalue weighted by Crippen LogP contribution is -2.11. The molecule has 0 radical (unpaired) electrons. The summed E-state index contributed by atoms with van der Waals surface area (Å²) in [6.07, 6.45) is 4.72. The fourth-order valence-electron chi connectivity index (χ4n) is 1.13. The van der Waals surface area contributed by atoms with Crippen molar-refractivity contribution in [1.82, 2.24) is 0 Å². The van der Waals surface area contributed by atoms with Crippen LogP contribution >= 0.6 is 11.6 Å². The van der Waals surface area contributed by atoms with Crippen LogP contribution in [0.2, 0.25) is 0 Å². The molecule has 0 spiro atoms. The number of ether oxygens (including phenoxy) is 1. The molecule has 68 valence electrons. The van der Waals surface area contributed by atoms with Crippen molar-refractivity contribution in [1.29, 1.82) is 0 Å². The third-order valence-electron chi connectivity index (χ3n) is 1.69. The average molecular weight is 190 g/mol. The zero-order valence-corrected chi connectivity index (χ0v) is 7.55. The molecule has 3 nitrogen and oxygen atoms in total. The highest BCUT2D eigenvalue weighted by atomic mass is 35.5. The normalized spacial score (nSPS) is 20.8. The summed E-state index contributed by atoms with van der Waals surface area (Å²) >= 11 is 5.46. The van der Waals surface area contributed by atoms with Gasteiger partial charge in [-0.05, 0) is 25.3 Å². The predicted octanol–water partition coefficient (Wildman–Crippen LogP) is 2.14. The van der Waals surface area contributed by atoms with Crippen molar-refractivity contribution in [2.75, 3.05) is 12.5 Å². The van der Waals surface area contributed by atoms with Crippen molar-refractivity contribution >= 4 is 17.3 Å². The number of oxime groups is 1. The van der Waals surface area contributed by atoms with E-state index in [1.54, 1.807) is 0 Å². The second kappa shape index (κ2) is 5.04. The van der Waals surface area contributed by atoms with Gasteiger partial charge in [-0.2, -0.15) is 0 Å². The molecule has 1 N–H and O–H groups in total. The summed E-state index contributed by atoms with van der Waals surface area (Å²) < 4.78 is 5.27. The molecule has 1 aliphatic carbocycles. The molecule has 0 bridgehead atoms. The zero-order chi connectivity index (χ0) is 8.81. The number of hydrogen-bond donors (Lipinski definition) is 1. The van der Waals surface area contributed by atoms with E-state index in [0.717, 1.165) is 19.3 Å². The van der Waals surface area contributed by atoms with Crippen LogP contribution in [0.3, 0.4) is 0 Å². The van der Waals surface area contributed by atoms with Crippen molar-refractivity contribution < 1.29 is 9.94 Å². The number of alkyl halides is 1. The molecular weight excluding hydrogens is 178 g/mol. The van der Waals surface area contributed by atoms with E-state index in [1.807, 2.05) is 6.08 Å². The molecule has 0 amide bonds. The van der Waals surface area contributed by atoms with E-state index in [0.29, 0.717) is 24.0 Å². The van der Waals surface area contributed by atoms with Gasteiger partial charge in [-0.25, -0.2) is 0 Å². The Balaban J connectivity index is 2.52. The molecule has 0 aromatic rings. The van der Waals surface area contributed by atoms with Crippen LogP contribution in [-0.4, -0.2) is 23.4 Å². The van der Waals surface area contributed by atoms with E-state index in [9.17, 15) is 0 Å². The van der Waals surface area contributed by atoms with E-state index in [2.05, 4.69) is 5.16 Å². The summed E-state index contributed by atoms with van der Waals surface area (Å²) in [6.45, 7) is 0.465. The Hall–Kier alpha value is -0.700. The van der Waals surface area contributed by atoms with Crippen LogP contribution in [0, 0.1) is 0 Å². The first-order valence-corrected chi connectivity index (χ1v) is 4.52. The van der Waals surface area contributed by atoms with Crippen LogP contribution in [-0.2, 0) is 4.74 Å². The second-order valence-corrected chi connectivity index (χ2v) is 2.92. The SMILES string of the molecule is O/N=C1/CCCC=C1OCCCl. The Labute approximate surface area is 76.7 Å². The minimum absolute atomic E-state index is 0.454. The molecule has 12 heavy (non-hydrogen) atoms. The van der Waals surface area contributed by atoms with Gasteiger partial charge in [-0.3, -0.25) is 0 Å². The molecular formula is C8H12ClNO2. The molecule has 0 fully saturated rings. The Kier molecular flexibility index (Phi) is 3.94. The minimum atomic E-state index is 0.454. The molecule has 0 atom stereocenters. The largest absolute Gasteiger partial charge is 0.491 e. The Morgan fingerprint density at radius 1 is 1.67 bits per heavy atom. The standard InChI is InChI=1S/C8H12ClNO2/c9-5-6-12-8-4-2-1-3-7(8)10-11/h4,11H,1-3,5-6H2/b10-7-. The summed E-state index contributed by atoms with van der Waals surface area (Å²) in [7, 11) is 0. The van der Waals surface area contributed by atoms with Gasteiger partial charge in [0.2, 0.25) is 0 Å². The highest BCUT2D eigenvalue weighted by Gasteiger charge is 2.12. The van der Waals surface area contributed by atoms with Crippen LogP contribution in [0.25, 0.3) is 0 Å². The topological polar surface area (TPSA) is 41.8 Å². The first-order valence-electron chi connectivity index (χ1n) is 3.98. The molecule has 0 heterocycles. The summed E-state index contributed by atoms with van der Waals surface area (Å²) in [5.74, 6) is 1.14. The summed E-state index contributed by atoms with van der Waals surface area (Å²) in [5, 5.41) is 11.8. The van der Waals surface area contributed by atoms with Crippen molar-refractivity contribution in [3.8, 4) is 0 Å². The third kappa shape index (κ3) is 2.41. The lowest BCUT2D eigenvalue weighted by atomic mass is 10.0. The maximum Gasteiger partial charge on any atom is 0.140 e. The van der Waals surface area contributed by atoms with Crippen LogP contribution < -0.4 is 0 Å². The van der Waals surface area contributed by atoms with E-state index in [1.165, 1.54) is 0 Å². The van der Waals surface area contributed by atoms with Gasteiger partial charge in [0.05, 0.1) is 5.88 Å². The monoisotopic (exact) mass is 189 g/mol. The molecule has 0 saturated carbocycles. The summed E-state index contributed by atoms with van der Waals surface area (Å²) in [4.78, 5) is 0. The Bertz CT molecular complexity index is 201. The van der Waals surface area contributed by atoms with E-state index in [-0.39, 0.29) is 0 Å². The van der Waals surface area contributed by atoms with Gasteiger partial charge in [0.1, 0.15) is 18.1 Å². The molecule has 4 heteroatoms. The third-order valence-corrected chi connectivity index (χ3v) is 1.84. The van der Waals surface area contributed by atoms with Gasteiger partial charge in [-0.1, -0.05) is 5.16 Å². The Morgan fingerprint density at radius 3 is 3.17 bits per heavy atom. The molecule has 1 aliphatic rings. The quantitative estimate of drug-likeness (QED) is 0.420. The van der Waals surface area contributed by atoms with Crippen molar-refractivity contribution in [2.45, 2.75) is 19.3 Å². The molecule has 0 aromatic heterocycles. The van der Waals surface area contributed by atoms with E-state index < -0.39 is 0 Å². The minimum Gasteiger partial charge on any atom is -0.491 e. The molecule has 0 unspecified atom stereocenters. The highest BCUT2D eigenvalue weighted by Crippen LogP contribution is 2.16. The maximum absolute atomic E-state index is 8.59. The summed E-state index contributed by atoms with van der Waals surface area (Å²) in [6, 6.07) is 0. The first kappa shape index (κ1) is 9.39. The van der Waals surface area contributed by atoms with Gasteiger partial charge < -0.3 is 9.94 Å². The van der Waals surface area contributed by atoms with Gasteiger partial charge in [0.15, 0.2) is 0 Å². The van der Waals surface area contributed by atoms with Crippen LogP contribution in [0.1, 0.15) is 19.3 Å². The van der Waals surface area contributed by atoms with E-state index >= 15 is 0 Å². The maximum atomic E-state index is 8.59. The Morgan fingerprint density at radius 2 is 2.50 bits per heavy atom. The summed E-state index contributed by atoms with van der Waals surface area (Å²) in [5.41, 5.74) is 0.631. The average Bonchev–Trinajstić information content (AvgIpc) is 2.15. The first-order chi connectivity index (χ1) is 5.88.